The number of benzene rings is 1. The number of carbonyl (C=O) groups is 1. The fraction of sp³-hybridized carbons (Fsp3) is 0.385. The molecule has 1 heterocycles. The first kappa shape index (κ1) is 10.9. The second kappa shape index (κ2) is 3.44. The van der Waals surface area contributed by atoms with Crippen LogP contribution in [0.5, 0.6) is 0 Å². The van der Waals surface area contributed by atoms with Gasteiger partial charge in [-0.2, -0.15) is 0 Å². The molecule has 0 fully saturated rings. The average molecular weight is 217 g/mol. The highest BCUT2D eigenvalue weighted by Crippen LogP contribution is 2.30. The van der Waals surface area contributed by atoms with Crippen LogP contribution in [0.25, 0.3) is 10.9 Å². The zero-order valence-electron chi connectivity index (χ0n) is 10.00. The fourth-order valence-electron chi connectivity index (χ4n) is 1.70. The van der Waals surface area contributed by atoms with Gasteiger partial charge in [0.15, 0.2) is 5.78 Å². The summed E-state index contributed by atoms with van der Waals surface area (Å²) in [6.07, 6.45) is 0. The van der Waals surface area contributed by atoms with Gasteiger partial charge in [0.1, 0.15) is 11.3 Å². The molecule has 0 saturated carbocycles. The molecule has 1 aromatic carbocycles. The van der Waals surface area contributed by atoms with Crippen LogP contribution in [0.3, 0.4) is 0 Å². The Morgan fingerprint density at radius 1 is 1.31 bits per heavy atom. The molecule has 0 aliphatic heterocycles. The van der Waals surface area contributed by atoms with Gasteiger partial charge < -0.3 is 4.52 Å². The molecule has 2 rings (SSSR count). The van der Waals surface area contributed by atoms with E-state index in [1.54, 1.807) is 13.0 Å². The van der Waals surface area contributed by atoms with E-state index in [4.69, 9.17) is 4.52 Å². The molecular weight excluding hydrogens is 202 g/mol. The summed E-state index contributed by atoms with van der Waals surface area (Å²) in [6, 6.07) is 5.50. The Bertz CT molecular complexity index is 547. The lowest BCUT2D eigenvalue weighted by atomic mass is 9.90. The van der Waals surface area contributed by atoms with Gasteiger partial charge in [-0.25, -0.2) is 0 Å². The maximum absolute atomic E-state index is 11.2. The van der Waals surface area contributed by atoms with Crippen LogP contribution in [-0.4, -0.2) is 10.9 Å². The Kier molecular flexibility index (Phi) is 2.34. The van der Waals surface area contributed by atoms with Gasteiger partial charge in [0.25, 0.3) is 0 Å². The summed E-state index contributed by atoms with van der Waals surface area (Å²) < 4.78 is 5.35. The molecule has 84 valence electrons. The summed E-state index contributed by atoms with van der Waals surface area (Å²) in [6.45, 7) is 7.77. The van der Waals surface area contributed by atoms with Crippen LogP contribution in [0.15, 0.2) is 22.7 Å². The van der Waals surface area contributed by atoms with Gasteiger partial charge in [-0.15, -0.1) is 0 Å². The van der Waals surface area contributed by atoms with E-state index in [-0.39, 0.29) is 11.2 Å². The monoisotopic (exact) mass is 217 g/mol. The molecule has 16 heavy (non-hydrogen) atoms. The van der Waals surface area contributed by atoms with Crippen molar-refractivity contribution in [1.29, 1.82) is 0 Å². The van der Waals surface area contributed by atoms with Crippen LogP contribution in [0, 0.1) is 0 Å². The van der Waals surface area contributed by atoms with E-state index in [0.29, 0.717) is 5.56 Å². The normalized spacial score (nSPS) is 12.0. The lowest BCUT2D eigenvalue weighted by molar-refractivity contribution is 0.101. The second-order valence-corrected chi connectivity index (χ2v) is 5.05. The molecule has 0 aliphatic rings. The Hall–Kier alpha value is -1.64. The van der Waals surface area contributed by atoms with Crippen molar-refractivity contribution in [2.45, 2.75) is 33.1 Å². The van der Waals surface area contributed by atoms with Gasteiger partial charge >= 0.3 is 0 Å². The summed E-state index contributed by atoms with van der Waals surface area (Å²) in [7, 11) is 0. The minimum atomic E-state index is -0.0769. The minimum Gasteiger partial charge on any atom is -0.360 e. The van der Waals surface area contributed by atoms with E-state index in [0.717, 1.165) is 16.7 Å². The van der Waals surface area contributed by atoms with Crippen LogP contribution in [-0.2, 0) is 5.41 Å². The molecule has 1 aromatic heterocycles. The van der Waals surface area contributed by atoms with E-state index in [1.165, 1.54) is 0 Å². The van der Waals surface area contributed by atoms with Crippen molar-refractivity contribution < 1.29 is 9.32 Å². The van der Waals surface area contributed by atoms with Crippen molar-refractivity contribution in [3.8, 4) is 0 Å². The largest absolute Gasteiger partial charge is 0.360 e. The second-order valence-electron chi connectivity index (χ2n) is 5.05. The molecule has 0 aliphatic carbocycles. The number of aromatic nitrogens is 1. The molecule has 3 nitrogen and oxygen atoms in total. The van der Waals surface area contributed by atoms with E-state index in [1.807, 2.05) is 12.1 Å². The van der Waals surface area contributed by atoms with Crippen molar-refractivity contribution in [2.75, 3.05) is 0 Å². The van der Waals surface area contributed by atoms with Crippen molar-refractivity contribution in [3.63, 3.8) is 0 Å². The van der Waals surface area contributed by atoms with Crippen LogP contribution >= 0.6 is 0 Å². The molecule has 2 aromatic rings. The standard InChI is InChI=1S/C13H15NO2/c1-8(15)9-5-6-10-11(7-9)14-16-12(10)13(2,3)4/h5-7H,1-4H3. The highest BCUT2D eigenvalue weighted by atomic mass is 16.5. The van der Waals surface area contributed by atoms with Crippen molar-refractivity contribution in [2.24, 2.45) is 0 Å². The van der Waals surface area contributed by atoms with Gasteiger partial charge in [0.05, 0.1) is 0 Å². The van der Waals surface area contributed by atoms with Crippen molar-refractivity contribution in [3.05, 3.63) is 29.5 Å². The van der Waals surface area contributed by atoms with E-state index in [9.17, 15) is 4.79 Å². The number of Topliss-reactive ketones (excluding diaryl/α,β-unsaturated/α-hetero) is 1. The molecule has 0 atom stereocenters. The van der Waals surface area contributed by atoms with Gasteiger partial charge in [-0.1, -0.05) is 32.0 Å². The van der Waals surface area contributed by atoms with E-state index < -0.39 is 0 Å². The minimum absolute atomic E-state index is 0.0437. The first-order valence-corrected chi connectivity index (χ1v) is 5.30. The third kappa shape index (κ3) is 1.73. The highest BCUT2D eigenvalue weighted by Gasteiger charge is 2.22. The summed E-state index contributed by atoms with van der Waals surface area (Å²) in [4.78, 5) is 11.2. The topological polar surface area (TPSA) is 43.1 Å². The number of rotatable bonds is 1. The quantitative estimate of drug-likeness (QED) is 0.688. The van der Waals surface area contributed by atoms with Gasteiger partial charge in [-0.05, 0) is 19.1 Å². The van der Waals surface area contributed by atoms with Crippen LogP contribution in [0.4, 0.5) is 0 Å². The van der Waals surface area contributed by atoms with Crippen LogP contribution < -0.4 is 0 Å². The Balaban J connectivity index is 2.64. The highest BCUT2D eigenvalue weighted by molar-refractivity contribution is 5.98. The zero-order valence-corrected chi connectivity index (χ0v) is 10.00. The number of ketones is 1. The Labute approximate surface area is 94.4 Å². The van der Waals surface area contributed by atoms with Crippen LogP contribution in [0.1, 0.15) is 43.8 Å². The SMILES string of the molecule is CC(=O)c1ccc2c(C(C)(C)C)onc2c1. The smallest absolute Gasteiger partial charge is 0.159 e. The molecule has 0 radical (unpaired) electrons. The Morgan fingerprint density at radius 3 is 2.56 bits per heavy atom. The van der Waals surface area contributed by atoms with Gasteiger partial charge in [0, 0.05) is 16.4 Å². The summed E-state index contributed by atoms with van der Waals surface area (Å²) >= 11 is 0. The fourth-order valence-corrected chi connectivity index (χ4v) is 1.70. The van der Waals surface area contributed by atoms with Gasteiger partial charge in [0.2, 0.25) is 0 Å². The summed E-state index contributed by atoms with van der Waals surface area (Å²) in [5.41, 5.74) is 1.34. The third-order valence-electron chi connectivity index (χ3n) is 2.57. The zero-order chi connectivity index (χ0) is 11.9. The Morgan fingerprint density at radius 2 is 2.00 bits per heavy atom. The number of nitrogens with zero attached hydrogens (tertiary/aromatic N) is 1. The van der Waals surface area contributed by atoms with E-state index >= 15 is 0 Å². The summed E-state index contributed by atoms with van der Waals surface area (Å²) in [5, 5.41) is 4.98. The van der Waals surface area contributed by atoms with Crippen LogP contribution in [0.2, 0.25) is 0 Å². The molecular formula is C13H15NO2. The maximum atomic E-state index is 11.2. The molecule has 0 bridgehead atoms. The first-order valence-electron chi connectivity index (χ1n) is 5.30. The number of hydrogen-bond acceptors (Lipinski definition) is 3. The number of hydrogen-bond donors (Lipinski definition) is 0. The van der Waals surface area contributed by atoms with E-state index in [2.05, 4.69) is 25.9 Å². The molecule has 0 N–H and O–H groups in total. The average Bonchev–Trinajstić information content (AvgIpc) is 2.58. The predicted molar refractivity (Wildman–Crippen MR) is 62.7 cm³/mol. The first-order chi connectivity index (χ1) is 7.39. The van der Waals surface area contributed by atoms with Crippen molar-refractivity contribution in [1.82, 2.24) is 5.16 Å². The van der Waals surface area contributed by atoms with Crippen molar-refractivity contribution >= 4 is 16.7 Å². The predicted octanol–water partition coefficient (Wildman–Crippen LogP) is 3.33. The number of fused-ring (bicyclic) bond motifs is 1. The third-order valence-corrected chi connectivity index (χ3v) is 2.57. The molecule has 0 amide bonds. The molecule has 0 saturated heterocycles. The molecule has 0 spiro atoms. The van der Waals surface area contributed by atoms with Gasteiger partial charge in [-0.3, -0.25) is 4.79 Å². The molecule has 0 unspecified atom stereocenters. The lowest BCUT2D eigenvalue weighted by Gasteiger charge is -2.13. The lowest BCUT2D eigenvalue weighted by Crippen LogP contribution is -2.09. The maximum Gasteiger partial charge on any atom is 0.159 e. The number of carbonyl (C=O) groups excluding carboxylic acids is 1. The summed E-state index contributed by atoms with van der Waals surface area (Å²) in [5.74, 6) is 0.903. The molecule has 3 heteroatoms.